The van der Waals surface area contributed by atoms with E-state index in [1.807, 2.05) is 24.3 Å². The molecule has 1 nitrogen and oxygen atoms in total. The van der Waals surface area contributed by atoms with Crippen LogP contribution < -0.4 is 5.32 Å². The van der Waals surface area contributed by atoms with Crippen LogP contribution in [0.3, 0.4) is 0 Å². The molecule has 0 atom stereocenters. The number of nitrogens with one attached hydrogen (secondary N) is 1. The van der Waals surface area contributed by atoms with Gasteiger partial charge < -0.3 is 5.32 Å². The lowest BCUT2D eigenvalue weighted by molar-refractivity contribution is 0.628. The van der Waals surface area contributed by atoms with E-state index in [4.69, 9.17) is 11.6 Å². The van der Waals surface area contributed by atoms with E-state index in [1.165, 1.54) is 22.8 Å². The Labute approximate surface area is 224 Å². The molecular formula is C34H29ClFN. The van der Waals surface area contributed by atoms with Crippen molar-refractivity contribution in [2.75, 3.05) is 0 Å². The van der Waals surface area contributed by atoms with Crippen LogP contribution in [-0.4, -0.2) is 0 Å². The highest BCUT2D eigenvalue weighted by atomic mass is 35.5. The summed E-state index contributed by atoms with van der Waals surface area (Å²) in [4.78, 5) is 0. The zero-order valence-corrected chi connectivity index (χ0v) is 21.5. The third-order valence-electron chi connectivity index (χ3n) is 5.95. The van der Waals surface area contributed by atoms with Crippen LogP contribution in [0.15, 0.2) is 116 Å². The van der Waals surface area contributed by atoms with E-state index in [0.29, 0.717) is 12.1 Å². The third kappa shape index (κ3) is 7.97. The molecule has 0 aliphatic heterocycles. The van der Waals surface area contributed by atoms with Crippen LogP contribution in [0.1, 0.15) is 39.8 Å². The zero-order chi connectivity index (χ0) is 26.0. The summed E-state index contributed by atoms with van der Waals surface area (Å²) in [6.07, 6.45) is 3.29. The fraction of sp³-hybridized carbons (Fsp3) is 0.118. The van der Waals surface area contributed by atoms with Crippen LogP contribution >= 0.6 is 11.6 Å². The Hall–Kier alpha value is -4.06. The first-order chi connectivity index (χ1) is 18.0. The molecule has 0 unspecified atom stereocenters. The third-order valence-corrected chi connectivity index (χ3v) is 6.24. The molecule has 0 bridgehead atoms. The van der Waals surface area contributed by atoms with Crippen LogP contribution in [0.25, 0.3) is 5.70 Å². The highest BCUT2D eigenvalue weighted by molar-refractivity contribution is 6.30. The minimum Gasteiger partial charge on any atom is -0.359 e. The van der Waals surface area contributed by atoms with Gasteiger partial charge in [0.2, 0.25) is 0 Å². The fourth-order valence-electron chi connectivity index (χ4n) is 4.12. The first kappa shape index (κ1) is 26.0. The second-order valence-electron chi connectivity index (χ2n) is 9.00. The first-order valence-electron chi connectivity index (χ1n) is 12.2. The van der Waals surface area contributed by atoms with Gasteiger partial charge in [0.05, 0.1) is 5.02 Å². The van der Waals surface area contributed by atoms with E-state index >= 15 is 0 Å². The predicted octanol–water partition coefficient (Wildman–Crippen LogP) is 8.37. The molecule has 0 aliphatic carbocycles. The lowest BCUT2D eigenvalue weighted by Crippen LogP contribution is -2.12. The summed E-state index contributed by atoms with van der Waals surface area (Å²) in [5.74, 6) is 6.16. The molecule has 4 aromatic rings. The number of rotatable bonds is 9. The van der Waals surface area contributed by atoms with E-state index in [2.05, 4.69) is 84.9 Å². The van der Waals surface area contributed by atoms with Crippen LogP contribution in [0.2, 0.25) is 5.02 Å². The van der Waals surface area contributed by atoms with E-state index in [9.17, 15) is 4.39 Å². The van der Waals surface area contributed by atoms with Gasteiger partial charge in [0.15, 0.2) is 0 Å². The Bertz CT molecular complexity index is 1460. The van der Waals surface area contributed by atoms with Crippen LogP contribution in [0.5, 0.6) is 0 Å². The maximum atomic E-state index is 13.4. The summed E-state index contributed by atoms with van der Waals surface area (Å²) in [5, 5.41) is 3.26. The van der Waals surface area contributed by atoms with E-state index in [0.717, 1.165) is 41.6 Å². The standard InChI is InChI=1S/C34H29ClFN/c1-25(37-26(2)32-18-19-34(36)33(35)24-32)20-30-16-8-14-28(21-30)12-6-7-13-29-15-9-17-31(23-29)22-27-10-4-3-5-11-27/h3-5,8-11,14-19,21,23-24,37H,1-2,7,13,20,22H2. The number of hydrogen-bond acceptors (Lipinski definition) is 1. The summed E-state index contributed by atoms with van der Waals surface area (Å²) in [7, 11) is 0. The molecule has 1 N–H and O–H groups in total. The molecule has 0 spiro atoms. The minimum atomic E-state index is -0.452. The summed E-state index contributed by atoms with van der Waals surface area (Å²) >= 11 is 5.89. The molecule has 0 radical (unpaired) electrons. The molecule has 37 heavy (non-hydrogen) atoms. The van der Waals surface area contributed by atoms with Crippen molar-refractivity contribution in [3.8, 4) is 11.8 Å². The van der Waals surface area contributed by atoms with Crippen molar-refractivity contribution in [3.63, 3.8) is 0 Å². The lowest BCUT2D eigenvalue weighted by Gasteiger charge is -2.13. The fourth-order valence-corrected chi connectivity index (χ4v) is 4.30. The topological polar surface area (TPSA) is 12.0 Å². The van der Waals surface area contributed by atoms with Gasteiger partial charge in [0, 0.05) is 29.8 Å². The molecular weight excluding hydrogens is 477 g/mol. The van der Waals surface area contributed by atoms with Gasteiger partial charge in [-0.3, -0.25) is 0 Å². The average molecular weight is 506 g/mol. The Morgan fingerprint density at radius 2 is 1.51 bits per heavy atom. The summed E-state index contributed by atoms with van der Waals surface area (Å²) in [6.45, 7) is 8.13. The number of halogens is 2. The summed E-state index contributed by atoms with van der Waals surface area (Å²) < 4.78 is 13.4. The Kier molecular flexibility index (Phi) is 8.98. The average Bonchev–Trinajstić information content (AvgIpc) is 2.89. The molecule has 3 heteroatoms. The maximum Gasteiger partial charge on any atom is 0.141 e. The van der Waals surface area contributed by atoms with Crippen molar-refractivity contribution in [3.05, 3.63) is 160 Å². The number of hydrogen-bond donors (Lipinski definition) is 1. The number of benzene rings is 4. The second kappa shape index (κ2) is 12.8. The molecule has 0 aliphatic rings. The van der Waals surface area contributed by atoms with Gasteiger partial charge in [-0.15, -0.1) is 0 Å². The van der Waals surface area contributed by atoms with Gasteiger partial charge in [-0.25, -0.2) is 4.39 Å². The molecule has 0 saturated carbocycles. The SMILES string of the molecule is C=C(Cc1cccc(C#CCCc2cccc(Cc3ccccc3)c2)c1)NC(=C)c1ccc(F)c(Cl)c1. The second-order valence-corrected chi connectivity index (χ2v) is 9.40. The van der Waals surface area contributed by atoms with Crippen molar-refractivity contribution >= 4 is 17.3 Å². The smallest absolute Gasteiger partial charge is 0.141 e. The van der Waals surface area contributed by atoms with Gasteiger partial charge in [-0.1, -0.05) is 103 Å². The Morgan fingerprint density at radius 1 is 0.784 bits per heavy atom. The predicted molar refractivity (Wildman–Crippen MR) is 154 cm³/mol. The Morgan fingerprint density at radius 3 is 2.32 bits per heavy atom. The monoisotopic (exact) mass is 505 g/mol. The molecule has 4 aromatic carbocycles. The molecule has 0 heterocycles. The first-order valence-corrected chi connectivity index (χ1v) is 12.6. The highest BCUT2D eigenvalue weighted by Crippen LogP contribution is 2.20. The van der Waals surface area contributed by atoms with Crippen molar-refractivity contribution in [1.82, 2.24) is 5.32 Å². The van der Waals surface area contributed by atoms with Crippen molar-refractivity contribution in [2.24, 2.45) is 0 Å². The van der Waals surface area contributed by atoms with Crippen molar-refractivity contribution in [2.45, 2.75) is 25.7 Å². The highest BCUT2D eigenvalue weighted by Gasteiger charge is 2.06. The summed E-state index contributed by atoms with van der Waals surface area (Å²) in [5.41, 5.74) is 8.15. The van der Waals surface area contributed by atoms with Gasteiger partial charge in [-0.05, 0) is 71.0 Å². The quantitative estimate of drug-likeness (QED) is 0.225. The number of aryl methyl sites for hydroxylation is 1. The van der Waals surface area contributed by atoms with Crippen LogP contribution in [0, 0.1) is 17.7 Å². The zero-order valence-electron chi connectivity index (χ0n) is 20.7. The molecule has 0 aromatic heterocycles. The van der Waals surface area contributed by atoms with Gasteiger partial charge in [-0.2, -0.15) is 0 Å². The van der Waals surface area contributed by atoms with Crippen LogP contribution in [0.4, 0.5) is 4.39 Å². The molecule has 184 valence electrons. The van der Waals surface area contributed by atoms with Crippen molar-refractivity contribution < 1.29 is 4.39 Å². The van der Waals surface area contributed by atoms with E-state index < -0.39 is 5.82 Å². The largest absolute Gasteiger partial charge is 0.359 e. The normalized spacial score (nSPS) is 10.3. The van der Waals surface area contributed by atoms with Gasteiger partial charge >= 0.3 is 0 Å². The van der Waals surface area contributed by atoms with Gasteiger partial charge in [0.25, 0.3) is 0 Å². The Balaban J connectivity index is 1.29. The number of allylic oxidation sites excluding steroid dienone is 1. The molecule has 0 saturated heterocycles. The molecule has 4 rings (SSSR count). The van der Waals surface area contributed by atoms with E-state index in [1.54, 1.807) is 12.1 Å². The maximum absolute atomic E-state index is 13.4. The minimum absolute atomic E-state index is 0.0669. The molecule has 0 amide bonds. The van der Waals surface area contributed by atoms with Gasteiger partial charge in [0.1, 0.15) is 5.82 Å². The summed E-state index contributed by atoms with van der Waals surface area (Å²) in [6, 6.07) is 32.0. The lowest BCUT2D eigenvalue weighted by atomic mass is 10.0. The van der Waals surface area contributed by atoms with Crippen molar-refractivity contribution in [1.29, 1.82) is 0 Å². The van der Waals surface area contributed by atoms with E-state index in [-0.39, 0.29) is 5.02 Å². The molecule has 0 fully saturated rings. The van der Waals surface area contributed by atoms with Crippen LogP contribution in [-0.2, 0) is 19.3 Å².